The molecule has 0 spiro atoms. The molecule has 1 aromatic rings. The molecule has 33 heavy (non-hydrogen) atoms. The highest BCUT2D eigenvalue weighted by atomic mass is 16.5. The van der Waals surface area contributed by atoms with Crippen LogP contribution in [0.4, 0.5) is 0 Å². The largest absolute Gasteiger partial charge is 0.493 e. The molecule has 0 aromatic heterocycles. The Hall–Kier alpha value is -3.09. The minimum atomic E-state index is -0.923. The van der Waals surface area contributed by atoms with E-state index in [0.29, 0.717) is 41.2 Å². The molecular formula is C26H33NO6. The second kappa shape index (κ2) is 10.7. The van der Waals surface area contributed by atoms with Gasteiger partial charge in [-0.1, -0.05) is 38.5 Å². The van der Waals surface area contributed by atoms with Gasteiger partial charge in [-0.3, -0.25) is 9.59 Å². The van der Waals surface area contributed by atoms with Crippen LogP contribution in [0.1, 0.15) is 58.4 Å². The summed E-state index contributed by atoms with van der Waals surface area (Å²) in [6.45, 7) is 8.23. The van der Waals surface area contributed by atoms with Crippen molar-refractivity contribution in [2.75, 3.05) is 20.3 Å². The lowest BCUT2D eigenvalue weighted by Gasteiger charge is -2.38. The second-order valence-corrected chi connectivity index (χ2v) is 8.50. The number of carbonyl (C=O) groups is 3. The Balaban J connectivity index is 2.18. The van der Waals surface area contributed by atoms with E-state index in [1.165, 1.54) is 7.11 Å². The van der Waals surface area contributed by atoms with Gasteiger partial charge in [-0.25, -0.2) is 4.79 Å². The summed E-state index contributed by atoms with van der Waals surface area (Å²) in [5, 5.41) is 3.26. The summed E-state index contributed by atoms with van der Waals surface area (Å²) in [4.78, 5) is 39.4. The van der Waals surface area contributed by atoms with Crippen LogP contribution in [0.3, 0.4) is 0 Å². The molecule has 0 saturated heterocycles. The molecule has 7 heteroatoms. The van der Waals surface area contributed by atoms with Gasteiger partial charge in [0, 0.05) is 22.5 Å². The fourth-order valence-electron chi connectivity index (χ4n) is 4.65. The molecule has 1 N–H and O–H groups in total. The van der Waals surface area contributed by atoms with Crippen molar-refractivity contribution in [2.45, 2.75) is 52.9 Å². The van der Waals surface area contributed by atoms with Crippen LogP contribution in [-0.2, 0) is 23.9 Å². The van der Waals surface area contributed by atoms with Gasteiger partial charge in [-0.05, 0) is 38.7 Å². The Bertz CT molecular complexity index is 992. The van der Waals surface area contributed by atoms with E-state index >= 15 is 0 Å². The van der Waals surface area contributed by atoms with Crippen molar-refractivity contribution in [1.29, 1.82) is 0 Å². The van der Waals surface area contributed by atoms with E-state index in [0.717, 1.165) is 18.5 Å². The molecule has 1 aliphatic carbocycles. The average Bonchev–Trinajstić information content (AvgIpc) is 2.78. The highest BCUT2D eigenvalue weighted by Crippen LogP contribution is 2.47. The zero-order valence-corrected chi connectivity index (χ0v) is 20.0. The third-order valence-corrected chi connectivity index (χ3v) is 6.22. The smallest absolute Gasteiger partial charge is 0.336 e. The summed E-state index contributed by atoms with van der Waals surface area (Å²) < 4.78 is 16.4. The van der Waals surface area contributed by atoms with E-state index in [9.17, 15) is 14.4 Å². The van der Waals surface area contributed by atoms with Crippen LogP contribution in [0.15, 0.2) is 46.8 Å². The molecule has 2 aliphatic rings. The van der Waals surface area contributed by atoms with Crippen LogP contribution >= 0.6 is 0 Å². The molecule has 1 aliphatic heterocycles. The van der Waals surface area contributed by atoms with Gasteiger partial charge in [0.2, 0.25) is 0 Å². The molecule has 3 rings (SSSR count). The summed E-state index contributed by atoms with van der Waals surface area (Å²) >= 11 is 0. The Labute approximate surface area is 195 Å². The first-order valence-corrected chi connectivity index (χ1v) is 11.6. The fraction of sp³-hybridized carbons (Fsp3) is 0.500. The topological polar surface area (TPSA) is 90.9 Å². The van der Waals surface area contributed by atoms with Crippen molar-refractivity contribution in [2.24, 2.45) is 11.8 Å². The number of allylic oxidation sites excluding steroid dienone is 3. The predicted octanol–water partition coefficient (Wildman–Crippen LogP) is 4.04. The molecule has 0 unspecified atom stereocenters. The van der Waals surface area contributed by atoms with Gasteiger partial charge in [0.15, 0.2) is 5.78 Å². The van der Waals surface area contributed by atoms with E-state index in [2.05, 4.69) is 12.2 Å². The summed E-state index contributed by atoms with van der Waals surface area (Å²) in [7, 11) is 1.29. The van der Waals surface area contributed by atoms with Gasteiger partial charge >= 0.3 is 11.9 Å². The number of dihydropyridines is 1. The van der Waals surface area contributed by atoms with Crippen molar-refractivity contribution in [3.63, 3.8) is 0 Å². The summed E-state index contributed by atoms with van der Waals surface area (Å²) in [6, 6.07) is 7.44. The lowest BCUT2D eigenvalue weighted by molar-refractivity contribution is -0.151. The van der Waals surface area contributed by atoms with Crippen LogP contribution in [0.25, 0.3) is 0 Å². The van der Waals surface area contributed by atoms with E-state index in [1.807, 2.05) is 38.1 Å². The monoisotopic (exact) mass is 455 g/mol. The van der Waals surface area contributed by atoms with Gasteiger partial charge < -0.3 is 19.5 Å². The first-order chi connectivity index (χ1) is 15.8. The molecule has 3 atom stereocenters. The Morgan fingerprint density at radius 3 is 2.58 bits per heavy atom. The van der Waals surface area contributed by atoms with Gasteiger partial charge in [0.05, 0.1) is 31.8 Å². The molecule has 0 radical (unpaired) electrons. The van der Waals surface area contributed by atoms with E-state index < -0.39 is 23.8 Å². The third-order valence-electron chi connectivity index (χ3n) is 6.22. The van der Waals surface area contributed by atoms with Gasteiger partial charge in [-0.2, -0.15) is 0 Å². The lowest BCUT2D eigenvalue weighted by atomic mass is 9.69. The quantitative estimate of drug-likeness (QED) is 0.359. The van der Waals surface area contributed by atoms with Gasteiger partial charge in [0.25, 0.3) is 0 Å². The molecule has 0 bridgehead atoms. The van der Waals surface area contributed by atoms with Crippen molar-refractivity contribution in [1.82, 2.24) is 5.32 Å². The molecule has 178 valence electrons. The number of hydrogen-bond donors (Lipinski definition) is 1. The van der Waals surface area contributed by atoms with E-state index in [1.54, 1.807) is 6.92 Å². The Morgan fingerprint density at radius 2 is 1.91 bits per heavy atom. The van der Waals surface area contributed by atoms with Gasteiger partial charge in [0.1, 0.15) is 11.7 Å². The molecule has 0 amide bonds. The summed E-state index contributed by atoms with van der Waals surface area (Å²) in [5.41, 5.74) is 2.83. The predicted molar refractivity (Wildman–Crippen MR) is 123 cm³/mol. The number of rotatable bonds is 8. The van der Waals surface area contributed by atoms with Crippen molar-refractivity contribution < 1.29 is 28.6 Å². The molecule has 0 fully saturated rings. The number of carbonyl (C=O) groups excluding carboxylic acids is 3. The molecule has 7 nitrogen and oxygen atoms in total. The maximum Gasteiger partial charge on any atom is 0.336 e. The van der Waals surface area contributed by atoms with Crippen LogP contribution in [0.5, 0.6) is 5.75 Å². The normalized spacial score (nSPS) is 22.5. The zero-order chi connectivity index (χ0) is 24.1. The molecular weight excluding hydrogens is 422 g/mol. The van der Waals surface area contributed by atoms with Crippen LogP contribution in [0.2, 0.25) is 0 Å². The number of esters is 2. The number of para-hydroxylation sites is 1. The van der Waals surface area contributed by atoms with E-state index in [4.69, 9.17) is 14.2 Å². The summed E-state index contributed by atoms with van der Waals surface area (Å²) in [6.07, 6.45) is 2.35. The summed E-state index contributed by atoms with van der Waals surface area (Å²) in [5.74, 6) is -2.63. The SMILES string of the molecule is CCCCOc1ccccc1[C@@H]1C(C(=O)OCC)=C(C)NC2=C1C(=O)[C@@H](C(=O)OC)[C@@H](C)C2. The minimum absolute atomic E-state index is 0.207. The lowest BCUT2D eigenvalue weighted by Crippen LogP contribution is -2.43. The van der Waals surface area contributed by atoms with Crippen molar-refractivity contribution >= 4 is 17.7 Å². The number of ether oxygens (including phenoxy) is 3. The van der Waals surface area contributed by atoms with Crippen molar-refractivity contribution in [3.05, 3.63) is 52.4 Å². The molecule has 1 heterocycles. The minimum Gasteiger partial charge on any atom is -0.493 e. The zero-order valence-electron chi connectivity index (χ0n) is 20.0. The van der Waals surface area contributed by atoms with E-state index in [-0.39, 0.29) is 18.3 Å². The van der Waals surface area contributed by atoms with Crippen LogP contribution < -0.4 is 10.1 Å². The number of benzene rings is 1. The number of nitrogens with one attached hydrogen (secondary N) is 1. The first-order valence-electron chi connectivity index (χ1n) is 11.6. The molecule has 1 aromatic carbocycles. The number of Topliss-reactive ketones (excluding diaryl/α,β-unsaturated/α-hetero) is 1. The number of methoxy groups -OCH3 is 1. The standard InChI is InChI=1S/C26H33NO6/c1-6-8-13-33-19-12-10-9-11-17(19)22-21(26(30)32-7-2)16(4)27-18-14-15(3)20(25(29)31-5)24(28)23(18)22/h9-12,15,20,22,27H,6-8,13-14H2,1-5H3/t15-,20-,22+/m0/s1. The van der Waals surface area contributed by atoms with Gasteiger partial charge in [-0.15, -0.1) is 0 Å². The first kappa shape index (κ1) is 24.6. The van der Waals surface area contributed by atoms with Crippen molar-refractivity contribution in [3.8, 4) is 5.75 Å². The maximum absolute atomic E-state index is 13.7. The number of unbranched alkanes of at least 4 members (excludes halogenated alkanes) is 1. The second-order valence-electron chi connectivity index (χ2n) is 8.50. The Morgan fingerprint density at radius 1 is 1.18 bits per heavy atom. The number of hydrogen-bond acceptors (Lipinski definition) is 7. The third kappa shape index (κ3) is 4.82. The van der Waals surface area contributed by atoms with Crippen LogP contribution in [-0.4, -0.2) is 38.0 Å². The fourth-order valence-corrected chi connectivity index (χ4v) is 4.65. The highest BCUT2D eigenvalue weighted by molar-refractivity contribution is 6.12. The number of ketones is 1. The van der Waals surface area contributed by atoms with Crippen LogP contribution in [0, 0.1) is 11.8 Å². The average molecular weight is 456 g/mol. The molecule has 0 saturated carbocycles. The maximum atomic E-state index is 13.7. The highest BCUT2D eigenvalue weighted by Gasteiger charge is 2.47. The Kier molecular flexibility index (Phi) is 7.95.